The van der Waals surface area contributed by atoms with Gasteiger partial charge >= 0.3 is 0 Å². The minimum absolute atomic E-state index is 0.0156. The Morgan fingerprint density at radius 1 is 1.18 bits per heavy atom. The zero-order valence-corrected chi connectivity index (χ0v) is 16.0. The largest absolute Gasteiger partial charge is 0.378 e. The molecule has 2 aliphatic rings. The second-order valence-electron chi connectivity index (χ2n) is 7.97. The van der Waals surface area contributed by atoms with Crippen molar-refractivity contribution in [2.24, 2.45) is 5.92 Å². The van der Waals surface area contributed by atoms with Crippen molar-refractivity contribution < 1.29 is 9.53 Å². The molecule has 2 atom stereocenters. The van der Waals surface area contributed by atoms with Gasteiger partial charge in [0.15, 0.2) is 11.4 Å². The predicted octanol–water partition coefficient (Wildman–Crippen LogP) is 2.90. The van der Waals surface area contributed by atoms with Crippen molar-refractivity contribution in [3.8, 4) is 0 Å². The maximum absolute atomic E-state index is 13.2. The van der Waals surface area contributed by atoms with Gasteiger partial charge in [0, 0.05) is 43.0 Å². The average Bonchev–Trinajstić information content (AvgIpc) is 3.07. The Morgan fingerprint density at radius 2 is 1.93 bits per heavy atom. The van der Waals surface area contributed by atoms with E-state index < -0.39 is 0 Å². The van der Waals surface area contributed by atoms with Crippen LogP contribution in [0.15, 0.2) is 48.8 Å². The molecule has 3 aromatic rings. The lowest BCUT2D eigenvalue weighted by Crippen LogP contribution is -2.57. The van der Waals surface area contributed by atoms with Crippen molar-refractivity contribution in [1.29, 1.82) is 0 Å². The number of hydrogen-bond donors (Lipinski definition) is 0. The molecule has 2 unspecified atom stereocenters. The standard InChI is InChI=1S/C22H24N4O2/c1-15-7-21-23-10-18(12-26(21)24-15)22(27)17-8-19-13-28-14-20(9-17)25(19)11-16-5-3-2-4-6-16/h2-7,10,12,17,19-20H,8-9,11,13-14H2,1H3. The number of aryl methyl sites for hydroxylation is 1. The van der Waals surface area contributed by atoms with Gasteiger partial charge < -0.3 is 4.74 Å². The topological polar surface area (TPSA) is 59.7 Å². The van der Waals surface area contributed by atoms with E-state index in [0.29, 0.717) is 18.8 Å². The Hall–Kier alpha value is -2.57. The van der Waals surface area contributed by atoms with Gasteiger partial charge in [-0.25, -0.2) is 9.50 Å². The van der Waals surface area contributed by atoms with Crippen LogP contribution in [0.25, 0.3) is 5.65 Å². The third-order valence-corrected chi connectivity index (χ3v) is 5.97. The van der Waals surface area contributed by atoms with E-state index in [0.717, 1.165) is 30.7 Å². The molecule has 0 radical (unpaired) electrons. The molecular weight excluding hydrogens is 352 g/mol. The Bertz CT molecular complexity index is 986. The summed E-state index contributed by atoms with van der Waals surface area (Å²) in [6.07, 6.45) is 5.18. The molecule has 0 N–H and O–H groups in total. The summed E-state index contributed by atoms with van der Waals surface area (Å²) in [6, 6.07) is 13.0. The van der Waals surface area contributed by atoms with E-state index >= 15 is 0 Å². The number of hydrogen-bond acceptors (Lipinski definition) is 5. The second-order valence-corrected chi connectivity index (χ2v) is 7.97. The van der Waals surface area contributed by atoms with Crippen molar-refractivity contribution >= 4 is 11.4 Å². The zero-order valence-electron chi connectivity index (χ0n) is 16.0. The number of Topliss-reactive ketones (excluding diaryl/α,β-unsaturated/α-hetero) is 1. The summed E-state index contributed by atoms with van der Waals surface area (Å²) in [5.74, 6) is 0.195. The van der Waals surface area contributed by atoms with E-state index in [4.69, 9.17) is 4.74 Å². The number of ether oxygens (including phenoxy) is 1. The number of piperidine rings is 1. The van der Waals surface area contributed by atoms with Gasteiger partial charge in [0.25, 0.3) is 0 Å². The molecule has 0 saturated carbocycles. The van der Waals surface area contributed by atoms with Gasteiger partial charge in [0.1, 0.15) is 0 Å². The fourth-order valence-corrected chi connectivity index (χ4v) is 4.61. The lowest BCUT2D eigenvalue weighted by Gasteiger charge is -2.48. The number of fused-ring (bicyclic) bond motifs is 3. The second kappa shape index (κ2) is 7.11. The van der Waals surface area contributed by atoms with E-state index in [1.54, 1.807) is 10.7 Å². The Balaban J connectivity index is 1.35. The van der Waals surface area contributed by atoms with Gasteiger partial charge in [-0.1, -0.05) is 30.3 Å². The molecule has 5 rings (SSSR count). The Morgan fingerprint density at radius 3 is 2.68 bits per heavy atom. The summed E-state index contributed by atoms with van der Waals surface area (Å²) in [7, 11) is 0. The van der Waals surface area contributed by atoms with Crippen LogP contribution in [0, 0.1) is 12.8 Å². The van der Waals surface area contributed by atoms with E-state index in [9.17, 15) is 4.79 Å². The van der Waals surface area contributed by atoms with Crippen LogP contribution in [-0.4, -0.2) is 50.6 Å². The first-order valence-corrected chi connectivity index (χ1v) is 9.91. The van der Waals surface area contributed by atoms with Crippen molar-refractivity contribution in [2.75, 3.05) is 13.2 Å². The first-order valence-electron chi connectivity index (χ1n) is 9.91. The first-order chi connectivity index (χ1) is 13.7. The molecule has 144 valence electrons. The van der Waals surface area contributed by atoms with Gasteiger partial charge in [0.05, 0.1) is 24.5 Å². The fourth-order valence-electron chi connectivity index (χ4n) is 4.61. The minimum atomic E-state index is 0.0156. The number of morpholine rings is 1. The van der Waals surface area contributed by atoms with Crippen LogP contribution in [0.3, 0.4) is 0 Å². The van der Waals surface area contributed by atoms with Crippen molar-refractivity contribution in [1.82, 2.24) is 19.5 Å². The van der Waals surface area contributed by atoms with Crippen LogP contribution < -0.4 is 0 Å². The third kappa shape index (κ3) is 3.23. The van der Waals surface area contributed by atoms with E-state index in [1.165, 1.54) is 5.56 Å². The number of ketones is 1. The van der Waals surface area contributed by atoms with E-state index in [1.807, 2.05) is 25.3 Å². The smallest absolute Gasteiger partial charge is 0.169 e. The van der Waals surface area contributed by atoms with Crippen molar-refractivity contribution in [2.45, 2.75) is 38.4 Å². The third-order valence-electron chi connectivity index (χ3n) is 5.97. The van der Waals surface area contributed by atoms with Gasteiger partial charge in [0.2, 0.25) is 0 Å². The average molecular weight is 376 g/mol. The SMILES string of the molecule is Cc1cc2ncc(C(=O)C3CC4COCC(C3)N4Cc3ccccc3)cn2n1. The first kappa shape index (κ1) is 17.5. The summed E-state index contributed by atoms with van der Waals surface area (Å²) < 4.78 is 7.52. The molecule has 2 aliphatic heterocycles. The molecule has 6 nitrogen and oxygen atoms in total. The number of carbonyl (C=O) groups is 1. The van der Waals surface area contributed by atoms with Crippen molar-refractivity contribution in [3.05, 3.63) is 65.6 Å². The molecule has 28 heavy (non-hydrogen) atoms. The molecule has 2 bridgehead atoms. The van der Waals surface area contributed by atoms with Crippen LogP contribution in [0.5, 0.6) is 0 Å². The van der Waals surface area contributed by atoms with Crippen molar-refractivity contribution in [3.63, 3.8) is 0 Å². The number of carbonyl (C=O) groups excluding carboxylic acids is 1. The number of rotatable bonds is 4. The van der Waals surface area contributed by atoms with Gasteiger partial charge in [-0.3, -0.25) is 9.69 Å². The van der Waals surface area contributed by atoms with Crippen LogP contribution in [-0.2, 0) is 11.3 Å². The molecule has 2 aromatic heterocycles. The Kier molecular flexibility index (Phi) is 4.45. The lowest BCUT2D eigenvalue weighted by molar-refractivity contribution is -0.0872. The highest BCUT2D eigenvalue weighted by Gasteiger charge is 2.41. The van der Waals surface area contributed by atoms with Crippen LogP contribution >= 0.6 is 0 Å². The minimum Gasteiger partial charge on any atom is -0.378 e. The van der Waals surface area contributed by atoms with Gasteiger partial charge in [-0.2, -0.15) is 5.10 Å². The van der Waals surface area contributed by atoms with Crippen LogP contribution in [0.4, 0.5) is 0 Å². The summed E-state index contributed by atoms with van der Waals surface area (Å²) in [4.78, 5) is 20.1. The molecule has 2 saturated heterocycles. The zero-order chi connectivity index (χ0) is 19.1. The maximum Gasteiger partial charge on any atom is 0.169 e. The molecule has 1 aromatic carbocycles. The summed E-state index contributed by atoms with van der Waals surface area (Å²) in [5, 5.41) is 4.39. The highest BCUT2D eigenvalue weighted by atomic mass is 16.5. The van der Waals surface area contributed by atoms with E-state index in [2.05, 4.69) is 39.2 Å². The molecule has 2 fully saturated rings. The lowest BCUT2D eigenvalue weighted by atomic mass is 9.81. The maximum atomic E-state index is 13.2. The summed E-state index contributed by atoms with van der Waals surface area (Å²) in [6.45, 7) is 4.24. The summed E-state index contributed by atoms with van der Waals surface area (Å²) in [5.41, 5.74) is 3.64. The number of benzene rings is 1. The van der Waals surface area contributed by atoms with E-state index in [-0.39, 0.29) is 23.8 Å². The monoisotopic (exact) mass is 376 g/mol. The predicted molar refractivity (Wildman–Crippen MR) is 105 cm³/mol. The molecule has 0 amide bonds. The molecule has 0 aliphatic carbocycles. The number of aromatic nitrogens is 3. The highest BCUT2D eigenvalue weighted by Crippen LogP contribution is 2.34. The summed E-state index contributed by atoms with van der Waals surface area (Å²) >= 11 is 0. The molecule has 4 heterocycles. The van der Waals surface area contributed by atoms with Gasteiger partial charge in [-0.05, 0) is 25.3 Å². The van der Waals surface area contributed by atoms with Gasteiger partial charge in [-0.15, -0.1) is 0 Å². The van der Waals surface area contributed by atoms with Crippen LogP contribution in [0.1, 0.15) is 34.5 Å². The quantitative estimate of drug-likeness (QED) is 0.656. The number of nitrogens with zero attached hydrogens (tertiary/aromatic N) is 4. The van der Waals surface area contributed by atoms with Crippen LogP contribution in [0.2, 0.25) is 0 Å². The Labute approximate surface area is 164 Å². The molecule has 0 spiro atoms. The molecular formula is C22H24N4O2. The normalized spacial score (nSPS) is 25.1. The molecule has 6 heteroatoms. The highest BCUT2D eigenvalue weighted by molar-refractivity contribution is 5.97. The fraction of sp³-hybridized carbons (Fsp3) is 0.409.